The Labute approximate surface area is 185 Å². The van der Waals surface area contributed by atoms with E-state index in [9.17, 15) is 14.4 Å². The van der Waals surface area contributed by atoms with Crippen LogP contribution < -0.4 is 10.2 Å². The summed E-state index contributed by atoms with van der Waals surface area (Å²) in [6, 6.07) is 15.3. The Hall–Kier alpha value is -3.16. The number of aromatic nitrogens is 1. The van der Waals surface area contributed by atoms with Crippen LogP contribution in [-0.2, 0) is 9.59 Å². The molecule has 0 bridgehead atoms. The molecule has 150 valence electrons. The van der Waals surface area contributed by atoms with E-state index >= 15 is 0 Å². The van der Waals surface area contributed by atoms with Crippen LogP contribution in [0.15, 0.2) is 70.8 Å². The smallest absolute Gasteiger partial charge is 0.317 e. The number of hydrogen-bond donors (Lipinski definition) is 1. The lowest BCUT2D eigenvalue weighted by atomic mass is 10.1. The zero-order valence-corrected chi connectivity index (χ0v) is 18.1. The van der Waals surface area contributed by atoms with Gasteiger partial charge in [-0.1, -0.05) is 33.6 Å². The molecule has 0 unspecified atom stereocenters. The van der Waals surface area contributed by atoms with Crippen molar-refractivity contribution in [3.05, 3.63) is 87.1 Å². The molecule has 0 atom stereocenters. The molecule has 0 saturated carbocycles. The number of amides is 4. The van der Waals surface area contributed by atoms with Crippen LogP contribution >= 0.6 is 27.5 Å². The van der Waals surface area contributed by atoms with Crippen molar-refractivity contribution in [2.24, 2.45) is 0 Å². The van der Waals surface area contributed by atoms with Gasteiger partial charge >= 0.3 is 6.03 Å². The van der Waals surface area contributed by atoms with Crippen molar-refractivity contribution in [3.63, 3.8) is 0 Å². The number of imide groups is 2. The first-order valence-corrected chi connectivity index (χ1v) is 10.1. The third-order valence-electron chi connectivity index (χ3n) is 4.76. The van der Waals surface area contributed by atoms with Gasteiger partial charge < -0.3 is 4.57 Å². The number of anilines is 1. The first-order valence-electron chi connectivity index (χ1n) is 8.96. The van der Waals surface area contributed by atoms with E-state index < -0.39 is 17.8 Å². The third-order valence-corrected chi connectivity index (χ3v) is 5.70. The van der Waals surface area contributed by atoms with E-state index in [0.717, 1.165) is 15.1 Å². The van der Waals surface area contributed by atoms with Gasteiger partial charge in [0.2, 0.25) is 0 Å². The zero-order valence-electron chi connectivity index (χ0n) is 15.7. The van der Waals surface area contributed by atoms with Gasteiger partial charge in [-0.15, -0.1) is 0 Å². The summed E-state index contributed by atoms with van der Waals surface area (Å²) in [4.78, 5) is 39.0. The predicted octanol–water partition coefficient (Wildman–Crippen LogP) is 4.87. The van der Waals surface area contributed by atoms with E-state index in [1.807, 2.05) is 41.1 Å². The minimum absolute atomic E-state index is 0.147. The van der Waals surface area contributed by atoms with E-state index in [0.29, 0.717) is 22.0 Å². The van der Waals surface area contributed by atoms with Crippen molar-refractivity contribution in [1.29, 1.82) is 0 Å². The average Bonchev–Trinajstić information content (AvgIpc) is 3.17. The number of urea groups is 1. The van der Waals surface area contributed by atoms with Gasteiger partial charge in [0.15, 0.2) is 0 Å². The van der Waals surface area contributed by atoms with Crippen LogP contribution in [0.1, 0.15) is 11.3 Å². The van der Waals surface area contributed by atoms with Gasteiger partial charge in [-0.25, -0.2) is 9.69 Å². The summed E-state index contributed by atoms with van der Waals surface area (Å²) in [6.45, 7) is 1.71. The molecule has 1 aliphatic rings. The number of halogens is 2. The van der Waals surface area contributed by atoms with Crippen molar-refractivity contribution in [1.82, 2.24) is 9.88 Å². The molecule has 4 rings (SSSR count). The maximum atomic E-state index is 13.1. The summed E-state index contributed by atoms with van der Waals surface area (Å²) in [5.74, 6) is -1.46. The fraction of sp³-hybridized carbons (Fsp3) is 0.0455. The van der Waals surface area contributed by atoms with Crippen LogP contribution in [0.5, 0.6) is 0 Å². The molecule has 8 heteroatoms. The summed E-state index contributed by atoms with van der Waals surface area (Å²) in [7, 11) is 0. The fourth-order valence-electron chi connectivity index (χ4n) is 3.21. The predicted molar refractivity (Wildman–Crippen MR) is 119 cm³/mol. The minimum Gasteiger partial charge on any atom is -0.317 e. The fourth-order valence-corrected chi connectivity index (χ4v) is 3.64. The normalized spacial score (nSPS) is 15.6. The highest BCUT2D eigenvalue weighted by molar-refractivity contribution is 9.10. The molecule has 4 amide bonds. The number of nitrogens with one attached hydrogen (secondary N) is 1. The van der Waals surface area contributed by atoms with Crippen LogP contribution in [-0.4, -0.2) is 22.4 Å². The number of barbiturate groups is 1. The highest BCUT2D eigenvalue weighted by Gasteiger charge is 2.37. The highest BCUT2D eigenvalue weighted by Crippen LogP contribution is 2.29. The number of hydrogen-bond acceptors (Lipinski definition) is 3. The Kier molecular flexibility index (Phi) is 5.32. The lowest BCUT2D eigenvalue weighted by Crippen LogP contribution is -2.54. The van der Waals surface area contributed by atoms with E-state index in [1.54, 1.807) is 31.2 Å². The van der Waals surface area contributed by atoms with Gasteiger partial charge in [0.05, 0.1) is 5.69 Å². The Morgan fingerprint density at radius 2 is 1.73 bits per heavy atom. The Bertz CT molecular complexity index is 1210. The van der Waals surface area contributed by atoms with Crippen LogP contribution in [0.4, 0.5) is 10.5 Å². The van der Waals surface area contributed by atoms with Gasteiger partial charge in [-0.05, 0) is 67.1 Å². The van der Waals surface area contributed by atoms with Gasteiger partial charge in [0.1, 0.15) is 5.57 Å². The SMILES string of the molecule is Cc1c(Cl)cccc1N1C(=O)NC(=O)/C(=C\c2cccn2-c2ccc(Br)cc2)C1=O. The maximum Gasteiger partial charge on any atom is 0.335 e. The highest BCUT2D eigenvalue weighted by atomic mass is 79.9. The summed E-state index contributed by atoms with van der Waals surface area (Å²) in [5, 5.41) is 2.65. The van der Waals surface area contributed by atoms with Crippen molar-refractivity contribution < 1.29 is 14.4 Å². The monoisotopic (exact) mass is 483 g/mol. The van der Waals surface area contributed by atoms with E-state index in [1.165, 1.54) is 6.08 Å². The second kappa shape index (κ2) is 7.93. The van der Waals surface area contributed by atoms with Crippen molar-refractivity contribution >= 4 is 57.1 Å². The lowest BCUT2D eigenvalue weighted by Gasteiger charge is -2.27. The number of benzene rings is 2. The summed E-state index contributed by atoms with van der Waals surface area (Å²) >= 11 is 9.55. The molecule has 0 radical (unpaired) electrons. The van der Waals surface area contributed by atoms with Crippen LogP contribution in [0.25, 0.3) is 11.8 Å². The molecule has 2 heterocycles. The number of nitrogens with zero attached hydrogens (tertiary/aromatic N) is 2. The van der Waals surface area contributed by atoms with Crippen molar-refractivity contribution in [3.8, 4) is 5.69 Å². The Morgan fingerprint density at radius 3 is 2.47 bits per heavy atom. The standard InChI is InChI=1S/C22H15BrClN3O3/c1-13-18(24)5-2-6-19(13)27-21(29)17(20(28)25-22(27)30)12-16-4-3-11-26(16)15-9-7-14(23)8-10-15/h2-12H,1H3,(H,25,28,30)/b17-12+. The number of rotatable bonds is 3. The van der Waals surface area contributed by atoms with Gasteiger partial charge in [-0.2, -0.15) is 0 Å². The molecule has 0 spiro atoms. The summed E-state index contributed by atoms with van der Waals surface area (Å²) in [5.41, 5.74) is 2.22. The summed E-state index contributed by atoms with van der Waals surface area (Å²) < 4.78 is 2.77. The minimum atomic E-state index is -0.809. The molecule has 1 aliphatic heterocycles. The largest absolute Gasteiger partial charge is 0.335 e. The van der Waals surface area contributed by atoms with Crippen molar-refractivity contribution in [2.75, 3.05) is 4.90 Å². The quantitative estimate of drug-likeness (QED) is 0.426. The van der Waals surface area contributed by atoms with Crippen LogP contribution in [0.3, 0.4) is 0 Å². The topological polar surface area (TPSA) is 71.4 Å². The molecule has 1 fully saturated rings. The zero-order chi connectivity index (χ0) is 21.4. The molecule has 2 aromatic carbocycles. The van der Waals surface area contributed by atoms with Gasteiger partial charge in [0, 0.05) is 27.1 Å². The molecule has 3 aromatic rings. The molecule has 1 N–H and O–H groups in total. The van der Waals surface area contributed by atoms with Crippen LogP contribution in [0.2, 0.25) is 5.02 Å². The first-order chi connectivity index (χ1) is 14.4. The molecule has 0 aliphatic carbocycles. The van der Waals surface area contributed by atoms with Crippen LogP contribution in [0, 0.1) is 6.92 Å². The lowest BCUT2D eigenvalue weighted by molar-refractivity contribution is -0.122. The van der Waals surface area contributed by atoms with Gasteiger partial charge in [0.25, 0.3) is 11.8 Å². The molecular formula is C22H15BrClN3O3. The molecule has 30 heavy (non-hydrogen) atoms. The van der Waals surface area contributed by atoms with E-state index in [-0.39, 0.29) is 5.57 Å². The number of carbonyl (C=O) groups is 3. The average molecular weight is 485 g/mol. The van der Waals surface area contributed by atoms with Crippen molar-refractivity contribution in [2.45, 2.75) is 6.92 Å². The summed E-state index contributed by atoms with van der Waals surface area (Å²) in [6.07, 6.45) is 3.30. The Balaban J connectivity index is 1.77. The molecular weight excluding hydrogens is 470 g/mol. The van der Waals surface area contributed by atoms with Gasteiger partial charge in [-0.3, -0.25) is 14.9 Å². The molecule has 6 nitrogen and oxygen atoms in total. The van der Waals surface area contributed by atoms with E-state index in [4.69, 9.17) is 11.6 Å². The second-order valence-corrected chi connectivity index (χ2v) is 7.94. The second-order valence-electron chi connectivity index (χ2n) is 6.62. The maximum absolute atomic E-state index is 13.1. The third kappa shape index (κ3) is 3.58. The Morgan fingerprint density at radius 1 is 1.00 bits per heavy atom. The molecule has 1 saturated heterocycles. The number of carbonyl (C=O) groups excluding carboxylic acids is 3. The first kappa shape index (κ1) is 20.1. The molecule has 1 aromatic heterocycles. The van der Waals surface area contributed by atoms with E-state index in [2.05, 4.69) is 21.2 Å².